The predicted octanol–water partition coefficient (Wildman–Crippen LogP) is 5.01. The van der Waals surface area contributed by atoms with Gasteiger partial charge in [0.05, 0.1) is 5.52 Å². The number of carbonyl (C=O) groups is 1. The van der Waals surface area contributed by atoms with Crippen LogP contribution in [0.1, 0.15) is 32.3 Å². The predicted molar refractivity (Wildman–Crippen MR) is 118 cm³/mol. The summed E-state index contributed by atoms with van der Waals surface area (Å²) < 4.78 is 0. The van der Waals surface area contributed by atoms with E-state index < -0.39 is 0 Å². The molecule has 0 aliphatic rings. The highest BCUT2D eigenvalue weighted by Crippen LogP contribution is 2.26. The third-order valence-corrected chi connectivity index (χ3v) is 4.63. The van der Waals surface area contributed by atoms with Crippen LogP contribution in [0.5, 0.6) is 0 Å². The molecule has 2 N–H and O–H groups in total. The van der Waals surface area contributed by atoms with Crippen LogP contribution >= 0.6 is 0 Å². The number of anilines is 3. The minimum atomic E-state index is -0.103. The summed E-state index contributed by atoms with van der Waals surface area (Å²) in [6.07, 6.45) is 9.03. The number of terminal acetylenes is 1. The van der Waals surface area contributed by atoms with Crippen molar-refractivity contribution in [3.63, 3.8) is 0 Å². The fourth-order valence-corrected chi connectivity index (χ4v) is 3.01. The summed E-state index contributed by atoms with van der Waals surface area (Å²) in [4.78, 5) is 23.1. The molecular formula is C23H25N5O. The van der Waals surface area contributed by atoms with Crippen LogP contribution in [0.3, 0.4) is 0 Å². The average Bonchev–Trinajstić information content (AvgIpc) is 2.75. The van der Waals surface area contributed by atoms with E-state index in [9.17, 15) is 4.79 Å². The van der Waals surface area contributed by atoms with Gasteiger partial charge < -0.3 is 15.5 Å². The van der Waals surface area contributed by atoms with Gasteiger partial charge in [-0.25, -0.2) is 14.8 Å². The van der Waals surface area contributed by atoms with Gasteiger partial charge in [-0.3, -0.25) is 0 Å². The van der Waals surface area contributed by atoms with Gasteiger partial charge in [-0.15, -0.1) is 6.42 Å². The SMILES string of the molecule is C#Cc1cccc(Nc2ncnc3ccc(NC(=O)N(CC)CCCC)cc23)c1. The molecule has 0 saturated heterocycles. The van der Waals surface area contributed by atoms with E-state index in [-0.39, 0.29) is 6.03 Å². The van der Waals surface area contributed by atoms with E-state index in [2.05, 4.69) is 33.4 Å². The summed E-state index contributed by atoms with van der Waals surface area (Å²) in [5.41, 5.74) is 3.11. The van der Waals surface area contributed by atoms with Crippen LogP contribution in [0.15, 0.2) is 48.8 Å². The second-order valence-corrected chi connectivity index (χ2v) is 6.67. The fourth-order valence-electron chi connectivity index (χ4n) is 3.01. The zero-order valence-corrected chi connectivity index (χ0v) is 16.8. The number of nitrogens with one attached hydrogen (secondary N) is 2. The molecule has 0 aliphatic carbocycles. The smallest absolute Gasteiger partial charge is 0.321 e. The average molecular weight is 387 g/mol. The van der Waals surface area contributed by atoms with Crippen molar-refractivity contribution in [1.29, 1.82) is 0 Å². The molecule has 2 aromatic carbocycles. The van der Waals surface area contributed by atoms with Gasteiger partial charge in [0, 0.05) is 35.4 Å². The number of hydrogen-bond donors (Lipinski definition) is 2. The van der Waals surface area contributed by atoms with E-state index >= 15 is 0 Å². The van der Waals surface area contributed by atoms with Gasteiger partial charge in [0.2, 0.25) is 0 Å². The number of benzene rings is 2. The molecule has 3 aromatic rings. The summed E-state index contributed by atoms with van der Waals surface area (Å²) in [5, 5.41) is 7.09. The largest absolute Gasteiger partial charge is 0.340 e. The molecule has 1 heterocycles. The van der Waals surface area contributed by atoms with Gasteiger partial charge in [-0.2, -0.15) is 0 Å². The zero-order valence-electron chi connectivity index (χ0n) is 16.8. The Bertz CT molecular complexity index is 1040. The van der Waals surface area contributed by atoms with Crippen LogP contribution in [0.4, 0.5) is 22.0 Å². The van der Waals surface area contributed by atoms with Crippen LogP contribution < -0.4 is 10.6 Å². The van der Waals surface area contributed by atoms with Crippen LogP contribution in [-0.4, -0.2) is 34.0 Å². The molecule has 0 saturated carbocycles. The highest BCUT2D eigenvalue weighted by molar-refractivity contribution is 5.96. The summed E-state index contributed by atoms with van der Waals surface area (Å²) in [6.45, 7) is 5.51. The van der Waals surface area contributed by atoms with Gasteiger partial charge in [0.15, 0.2) is 0 Å². The first-order valence-corrected chi connectivity index (χ1v) is 9.79. The molecule has 0 radical (unpaired) electrons. The lowest BCUT2D eigenvalue weighted by atomic mass is 10.2. The third-order valence-electron chi connectivity index (χ3n) is 4.63. The number of unbranched alkanes of at least 4 members (excludes halogenated alkanes) is 1. The molecule has 0 aliphatic heterocycles. The molecule has 148 valence electrons. The quantitative estimate of drug-likeness (QED) is 0.559. The Morgan fingerprint density at radius 2 is 2.00 bits per heavy atom. The van der Waals surface area contributed by atoms with E-state index in [4.69, 9.17) is 6.42 Å². The molecule has 0 bridgehead atoms. The molecule has 29 heavy (non-hydrogen) atoms. The van der Waals surface area contributed by atoms with Crippen LogP contribution in [0.25, 0.3) is 10.9 Å². The molecule has 2 amide bonds. The van der Waals surface area contributed by atoms with E-state index in [0.29, 0.717) is 18.1 Å². The van der Waals surface area contributed by atoms with Gasteiger partial charge >= 0.3 is 6.03 Å². The molecule has 1 aromatic heterocycles. The van der Waals surface area contributed by atoms with Crippen molar-refractivity contribution in [2.45, 2.75) is 26.7 Å². The Kier molecular flexibility index (Phi) is 6.64. The van der Waals surface area contributed by atoms with Crippen molar-refractivity contribution >= 4 is 34.1 Å². The molecule has 6 nitrogen and oxygen atoms in total. The highest BCUT2D eigenvalue weighted by atomic mass is 16.2. The molecule has 3 rings (SSSR count). The van der Waals surface area contributed by atoms with E-state index in [1.54, 1.807) is 4.90 Å². The maximum Gasteiger partial charge on any atom is 0.321 e. The fraction of sp³-hybridized carbons (Fsp3) is 0.261. The second-order valence-electron chi connectivity index (χ2n) is 6.67. The molecule has 0 atom stereocenters. The Labute approximate surface area is 171 Å². The minimum absolute atomic E-state index is 0.103. The maximum atomic E-state index is 12.6. The Hall–Kier alpha value is -3.59. The molecule has 0 spiro atoms. The minimum Gasteiger partial charge on any atom is -0.340 e. The number of carbonyl (C=O) groups excluding carboxylic acids is 1. The highest BCUT2D eigenvalue weighted by Gasteiger charge is 2.12. The van der Waals surface area contributed by atoms with Gasteiger partial charge in [0.1, 0.15) is 12.1 Å². The Morgan fingerprint density at radius 3 is 2.76 bits per heavy atom. The van der Waals surface area contributed by atoms with Crippen LogP contribution in [0, 0.1) is 12.3 Å². The van der Waals surface area contributed by atoms with Gasteiger partial charge in [-0.05, 0) is 49.7 Å². The summed E-state index contributed by atoms with van der Waals surface area (Å²) in [6, 6.07) is 13.1. The zero-order chi connectivity index (χ0) is 20.6. The van der Waals surface area contributed by atoms with Crippen molar-refractivity contribution in [1.82, 2.24) is 14.9 Å². The lowest BCUT2D eigenvalue weighted by molar-refractivity contribution is 0.213. The van der Waals surface area contributed by atoms with Crippen LogP contribution in [0.2, 0.25) is 0 Å². The lowest BCUT2D eigenvalue weighted by Gasteiger charge is -2.21. The first-order chi connectivity index (χ1) is 14.1. The third kappa shape index (κ3) is 5.02. The number of urea groups is 1. The summed E-state index contributed by atoms with van der Waals surface area (Å²) in [5.74, 6) is 3.28. The summed E-state index contributed by atoms with van der Waals surface area (Å²) in [7, 11) is 0. The number of hydrogen-bond acceptors (Lipinski definition) is 4. The van der Waals surface area contributed by atoms with Crippen molar-refractivity contribution in [2.75, 3.05) is 23.7 Å². The van der Waals surface area contributed by atoms with E-state index in [1.807, 2.05) is 49.4 Å². The number of fused-ring (bicyclic) bond motifs is 1. The Balaban J connectivity index is 1.85. The number of aromatic nitrogens is 2. The molecule has 0 unspecified atom stereocenters. The Morgan fingerprint density at radius 1 is 1.14 bits per heavy atom. The molecule has 6 heteroatoms. The number of amides is 2. The van der Waals surface area contributed by atoms with E-state index in [1.165, 1.54) is 6.33 Å². The van der Waals surface area contributed by atoms with Crippen LogP contribution in [-0.2, 0) is 0 Å². The maximum absolute atomic E-state index is 12.6. The summed E-state index contributed by atoms with van der Waals surface area (Å²) >= 11 is 0. The first kappa shape index (κ1) is 20.2. The first-order valence-electron chi connectivity index (χ1n) is 9.79. The van der Waals surface area contributed by atoms with Crippen molar-refractivity contribution in [2.24, 2.45) is 0 Å². The van der Waals surface area contributed by atoms with Gasteiger partial charge in [0.25, 0.3) is 0 Å². The van der Waals surface area contributed by atoms with E-state index in [0.717, 1.165) is 41.5 Å². The second kappa shape index (κ2) is 9.56. The standard InChI is InChI=1S/C23H25N5O/c1-4-7-13-28(6-3)23(29)27-19-11-12-21-20(15-19)22(25-16-24-21)26-18-10-8-9-17(5-2)14-18/h2,8-12,14-16H,4,6-7,13H2,1,3H3,(H,27,29)(H,24,25,26). The normalized spacial score (nSPS) is 10.4. The molecular weight excluding hydrogens is 362 g/mol. The number of nitrogens with zero attached hydrogens (tertiary/aromatic N) is 3. The molecule has 0 fully saturated rings. The topological polar surface area (TPSA) is 70.1 Å². The lowest BCUT2D eigenvalue weighted by Crippen LogP contribution is -2.35. The van der Waals surface area contributed by atoms with Gasteiger partial charge in [-0.1, -0.05) is 25.3 Å². The van der Waals surface area contributed by atoms with Crippen molar-refractivity contribution < 1.29 is 4.79 Å². The number of rotatable bonds is 7. The monoisotopic (exact) mass is 387 g/mol. The van der Waals surface area contributed by atoms with Crippen molar-refractivity contribution in [3.05, 3.63) is 54.4 Å². The van der Waals surface area contributed by atoms with Crippen molar-refractivity contribution in [3.8, 4) is 12.3 Å².